The van der Waals surface area contributed by atoms with Crippen molar-refractivity contribution < 1.29 is 19.5 Å². The first-order valence-electron chi connectivity index (χ1n) is 18.3. The quantitative estimate of drug-likeness (QED) is 0.0800. The third kappa shape index (κ3) is 5.84. The SMILES string of the molecule is CNOC12CC3(C)CC(C)(C1)C(CN/C(C)=C(\C=N)c1ccc(N4CCc5c(C#N)ccc(C(=O)Nc6nc7ccccc7s6)c5C4)nc1C(=O)O)(C3)C2. The molecule has 4 atom stereocenters. The molecule has 4 unspecified atom stereocenters. The van der Waals surface area contributed by atoms with Crippen LogP contribution in [0.4, 0.5) is 10.9 Å². The molecule has 5 aliphatic rings. The molecule has 0 radical (unpaired) electrons. The van der Waals surface area contributed by atoms with E-state index in [0.29, 0.717) is 58.3 Å². The number of aromatic nitrogens is 2. The molecule has 9 rings (SSSR count). The van der Waals surface area contributed by atoms with E-state index in [1.54, 1.807) is 24.3 Å². The number of fused-ring (bicyclic) bond motifs is 2. The minimum Gasteiger partial charge on any atom is -0.476 e. The van der Waals surface area contributed by atoms with Crippen molar-refractivity contribution in [2.75, 3.05) is 30.4 Å². The summed E-state index contributed by atoms with van der Waals surface area (Å²) in [6.07, 6.45) is 6.92. The van der Waals surface area contributed by atoms with Gasteiger partial charge in [0.15, 0.2) is 10.8 Å². The zero-order valence-electron chi connectivity index (χ0n) is 30.9. The van der Waals surface area contributed by atoms with Gasteiger partial charge in [-0.3, -0.25) is 14.9 Å². The van der Waals surface area contributed by atoms with E-state index in [1.165, 1.54) is 17.6 Å². The normalized spacial score (nSPS) is 27.0. The number of thiazole rings is 1. The molecule has 4 aliphatic carbocycles. The first-order chi connectivity index (χ1) is 25.8. The number of carboxylic acids is 1. The van der Waals surface area contributed by atoms with E-state index in [0.717, 1.165) is 53.6 Å². The summed E-state index contributed by atoms with van der Waals surface area (Å²) in [4.78, 5) is 43.8. The fourth-order valence-corrected chi connectivity index (χ4v) is 11.8. The fraction of sp³-hybridized carbons (Fsp3) is 0.415. The van der Waals surface area contributed by atoms with Gasteiger partial charge in [0.2, 0.25) is 0 Å². The number of rotatable bonds is 11. The number of amides is 1. The van der Waals surface area contributed by atoms with E-state index in [1.807, 2.05) is 43.1 Å². The molecule has 4 aromatic rings. The molecule has 13 heteroatoms. The molecule has 4 saturated carbocycles. The van der Waals surface area contributed by atoms with Crippen LogP contribution in [0.15, 0.2) is 54.2 Å². The van der Waals surface area contributed by atoms with Crippen molar-refractivity contribution in [2.45, 2.75) is 71.4 Å². The molecule has 2 aromatic heterocycles. The Bertz CT molecular complexity index is 2280. The number of hydroxylamine groups is 1. The van der Waals surface area contributed by atoms with Gasteiger partial charge in [-0.1, -0.05) is 37.3 Å². The number of carboxylic acid groups (broad SMARTS) is 1. The number of nitrogens with zero attached hydrogens (tertiary/aromatic N) is 4. The second-order valence-electron chi connectivity index (χ2n) is 16.3. The number of anilines is 2. The monoisotopic (exact) mass is 744 g/mol. The summed E-state index contributed by atoms with van der Waals surface area (Å²) >= 11 is 1.39. The van der Waals surface area contributed by atoms with Gasteiger partial charge in [-0.25, -0.2) is 20.2 Å². The van der Waals surface area contributed by atoms with Crippen LogP contribution >= 0.6 is 11.3 Å². The van der Waals surface area contributed by atoms with Gasteiger partial charge in [-0.2, -0.15) is 5.26 Å². The van der Waals surface area contributed by atoms with Crippen LogP contribution in [0.5, 0.6) is 0 Å². The Hall–Kier alpha value is -5.16. The molecule has 5 N–H and O–H groups in total. The number of aromatic carboxylic acids is 1. The maximum Gasteiger partial charge on any atom is 0.355 e. The van der Waals surface area contributed by atoms with Gasteiger partial charge in [-0.15, -0.1) is 0 Å². The van der Waals surface area contributed by atoms with Crippen molar-refractivity contribution in [1.29, 1.82) is 10.7 Å². The van der Waals surface area contributed by atoms with E-state index in [4.69, 9.17) is 10.2 Å². The van der Waals surface area contributed by atoms with Gasteiger partial charge in [0.1, 0.15) is 5.82 Å². The lowest BCUT2D eigenvalue weighted by Crippen LogP contribution is -2.46. The first kappa shape index (κ1) is 35.8. The van der Waals surface area contributed by atoms with Crippen LogP contribution in [0.3, 0.4) is 0 Å². The number of nitrogens with one attached hydrogen (secondary N) is 4. The highest BCUT2D eigenvalue weighted by molar-refractivity contribution is 7.22. The van der Waals surface area contributed by atoms with Gasteiger partial charge >= 0.3 is 5.97 Å². The van der Waals surface area contributed by atoms with Crippen molar-refractivity contribution >= 4 is 56.2 Å². The van der Waals surface area contributed by atoms with Gasteiger partial charge < -0.3 is 20.7 Å². The Morgan fingerprint density at radius 3 is 2.59 bits per heavy atom. The highest BCUT2D eigenvalue weighted by atomic mass is 32.1. The lowest BCUT2D eigenvalue weighted by Gasteiger charge is -2.45. The lowest BCUT2D eigenvalue weighted by molar-refractivity contribution is -0.147. The van der Waals surface area contributed by atoms with E-state index in [-0.39, 0.29) is 40.0 Å². The third-order valence-corrected chi connectivity index (χ3v) is 13.5. The van der Waals surface area contributed by atoms with Crippen LogP contribution in [0.2, 0.25) is 0 Å². The molecule has 1 amide bonds. The predicted molar refractivity (Wildman–Crippen MR) is 209 cm³/mol. The van der Waals surface area contributed by atoms with E-state index < -0.39 is 5.97 Å². The Labute approximate surface area is 318 Å². The number of allylic oxidation sites excluding steroid dienone is 2. The molecule has 2 aromatic carbocycles. The number of nitriles is 1. The average Bonchev–Trinajstić information content (AvgIpc) is 3.67. The molecule has 4 fully saturated rings. The molecular weight excluding hydrogens is 701 g/mol. The summed E-state index contributed by atoms with van der Waals surface area (Å²) in [5.41, 5.74) is 7.73. The molecule has 3 heterocycles. The van der Waals surface area contributed by atoms with E-state index in [9.17, 15) is 20.0 Å². The van der Waals surface area contributed by atoms with E-state index >= 15 is 0 Å². The van der Waals surface area contributed by atoms with Gasteiger partial charge in [0.05, 0.1) is 27.5 Å². The molecule has 0 spiro atoms. The Morgan fingerprint density at radius 1 is 1.06 bits per heavy atom. The molecule has 278 valence electrons. The summed E-state index contributed by atoms with van der Waals surface area (Å²) in [5.74, 6) is -1.10. The summed E-state index contributed by atoms with van der Waals surface area (Å²) < 4.78 is 0.959. The van der Waals surface area contributed by atoms with Gasteiger partial charge in [0, 0.05) is 55.3 Å². The minimum absolute atomic E-state index is 0.0170. The van der Waals surface area contributed by atoms with Crippen molar-refractivity contribution in [2.24, 2.45) is 16.2 Å². The topological polar surface area (TPSA) is 176 Å². The first-order valence-corrected chi connectivity index (χ1v) is 19.2. The average molecular weight is 745 g/mol. The number of carbonyl (C=O) groups is 2. The Morgan fingerprint density at radius 2 is 1.85 bits per heavy atom. The Kier molecular flexibility index (Phi) is 8.63. The zero-order valence-corrected chi connectivity index (χ0v) is 31.7. The minimum atomic E-state index is -1.20. The highest BCUT2D eigenvalue weighted by Gasteiger charge is 2.73. The van der Waals surface area contributed by atoms with Crippen LogP contribution in [0.1, 0.15) is 96.0 Å². The smallest absolute Gasteiger partial charge is 0.355 e. The number of para-hydroxylation sites is 1. The van der Waals surface area contributed by atoms with Crippen molar-refractivity contribution in [3.8, 4) is 6.07 Å². The predicted octanol–water partition coefficient (Wildman–Crippen LogP) is 6.93. The van der Waals surface area contributed by atoms with Crippen LogP contribution in [-0.2, 0) is 17.8 Å². The number of benzene rings is 2. The second kappa shape index (κ2) is 13.0. The number of pyridine rings is 1. The zero-order chi connectivity index (χ0) is 38.0. The maximum atomic E-state index is 13.7. The van der Waals surface area contributed by atoms with Gasteiger partial charge in [-0.05, 0) is 109 Å². The van der Waals surface area contributed by atoms with Crippen LogP contribution in [0.25, 0.3) is 15.8 Å². The van der Waals surface area contributed by atoms with Crippen molar-refractivity contribution in [3.63, 3.8) is 0 Å². The largest absolute Gasteiger partial charge is 0.476 e. The highest BCUT2D eigenvalue weighted by Crippen LogP contribution is 2.77. The van der Waals surface area contributed by atoms with Gasteiger partial charge in [0.25, 0.3) is 5.91 Å². The maximum absolute atomic E-state index is 13.7. The molecule has 12 nitrogen and oxygen atoms in total. The summed E-state index contributed by atoms with van der Waals surface area (Å²) in [7, 11) is 1.83. The second-order valence-corrected chi connectivity index (χ2v) is 17.3. The number of carbonyl (C=O) groups excluding carboxylic acids is 1. The molecule has 1 aliphatic heterocycles. The van der Waals surface area contributed by atoms with Crippen molar-refractivity contribution in [1.82, 2.24) is 20.8 Å². The summed E-state index contributed by atoms with van der Waals surface area (Å²) in [5, 5.41) is 35.8. The van der Waals surface area contributed by atoms with Crippen molar-refractivity contribution in [3.05, 3.63) is 87.7 Å². The number of hydrogen-bond acceptors (Lipinski definition) is 11. The van der Waals surface area contributed by atoms with E-state index in [2.05, 4.69) is 46.0 Å². The number of hydrogen-bond donors (Lipinski definition) is 5. The summed E-state index contributed by atoms with van der Waals surface area (Å²) in [6, 6.07) is 16.8. The molecular formula is C41H44N8O4S. The summed E-state index contributed by atoms with van der Waals surface area (Å²) in [6.45, 7) is 8.10. The third-order valence-electron chi connectivity index (χ3n) is 12.5. The standard InChI is InChI=1S/C41H44N8O4S/c1-24(45-23-40-19-38(2)18-39(40,3)21-41(20-38,22-40)53-44-4)29(16-43)27-11-12-33(47-34(27)36(51)52)49-14-13-26-25(15-42)9-10-28(30(26)17-49)35(50)48-37-46-31-7-5-6-8-32(31)54-37/h5-12,16,43-45H,13-14,17-23H2,1-4H3,(H,51,52)(H,46,48,50)/b29-24+,43-16?. The molecule has 54 heavy (non-hydrogen) atoms. The molecule has 0 saturated heterocycles. The van der Waals surface area contributed by atoms with Crippen LogP contribution < -0.4 is 21.0 Å². The lowest BCUT2D eigenvalue weighted by atomic mass is 9.66. The van der Waals surface area contributed by atoms with Crippen LogP contribution in [0, 0.1) is 33.0 Å². The fourth-order valence-electron chi connectivity index (χ4n) is 10.9. The van der Waals surface area contributed by atoms with Crippen LogP contribution in [-0.4, -0.2) is 58.9 Å². The Balaban J connectivity index is 1.06. The molecule has 4 bridgehead atoms.